The second-order valence-corrected chi connectivity index (χ2v) is 7.89. The van der Waals surface area contributed by atoms with Crippen molar-refractivity contribution in [3.63, 3.8) is 0 Å². The van der Waals surface area contributed by atoms with Gasteiger partial charge in [-0.15, -0.1) is 10.2 Å². The minimum absolute atomic E-state index is 0.0705. The first-order valence-corrected chi connectivity index (χ1v) is 10.6. The number of ether oxygens (including phenoxy) is 1. The zero-order valence-electron chi connectivity index (χ0n) is 15.9. The summed E-state index contributed by atoms with van der Waals surface area (Å²) >= 11 is 7.74. The van der Waals surface area contributed by atoms with Crippen LogP contribution in [-0.2, 0) is 9.53 Å². The largest absolute Gasteiger partial charge is 0.378 e. The van der Waals surface area contributed by atoms with Crippen molar-refractivity contribution in [3.8, 4) is 17.1 Å². The average Bonchev–Trinajstić information content (AvgIpc) is 3.19. The summed E-state index contributed by atoms with van der Waals surface area (Å²) in [5, 5.41) is 10.1. The quantitative estimate of drug-likeness (QED) is 0.580. The highest BCUT2D eigenvalue weighted by Gasteiger charge is 2.21. The van der Waals surface area contributed by atoms with Crippen molar-refractivity contribution in [3.05, 3.63) is 53.3 Å². The molecule has 7 nitrogen and oxygen atoms in total. The summed E-state index contributed by atoms with van der Waals surface area (Å²) in [6, 6.07) is 9.49. The third-order valence-electron chi connectivity index (χ3n) is 4.74. The lowest BCUT2D eigenvalue weighted by Crippen LogP contribution is -2.41. The van der Waals surface area contributed by atoms with Gasteiger partial charge in [-0.25, -0.2) is 0 Å². The van der Waals surface area contributed by atoms with E-state index in [9.17, 15) is 4.79 Å². The molecule has 1 aromatic carbocycles. The molecule has 0 radical (unpaired) electrons. The van der Waals surface area contributed by atoms with E-state index in [1.165, 1.54) is 11.8 Å². The van der Waals surface area contributed by atoms with E-state index < -0.39 is 0 Å². The van der Waals surface area contributed by atoms with E-state index >= 15 is 0 Å². The van der Waals surface area contributed by atoms with Gasteiger partial charge in [0.25, 0.3) is 0 Å². The van der Waals surface area contributed by atoms with Crippen LogP contribution in [-0.4, -0.2) is 62.6 Å². The van der Waals surface area contributed by atoms with Gasteiger partial charge in [0.1, 0.15) is 0 Å². The van der Waals surface area contributed by atoms with Crippen molar-refractivity contribution in [2.45, 2.75) is 12.1 Å². The fourth-order valence-electron chi connectivity index (χ4n) is 3.14. The van der Waals surface area contributed by atoms with Crippen LogP contribution in [0.4, 0.5) is 0 Å². The Morgan fingerprint density at radius 1 is 1.17 bits per heavy atom. The van der Waals surface area contributed by atoms with E-state index in [1.54, 1.807) is 12.4 Å². The van der Waals surface area contributed by atoms with E-state index in [0.717, 1.165) is 16.8 Å². The van der Waals surface area contributed by atoms with Gasteiger partial charge in [-0.3, -0.25) is 14.3 Å². The Kier molecular flexibility index (Phi) is 6.13. The maximum Gasteiger partial charge on any atom is 0.233 e. The van der Waals surface area contributed by atoms with E-state index in [0.29, 0.717) is 42.3 Å². The number of thioether (sulfide) groups is 1. The molecule has 0 bridgehead atoms. The van der Waals surface area contributed by atoms with E-state index in [2.05, 4.69) is 15.2 Å². The molecule has 0 saturated carbocycles. The van der Waals surface area contributed by atoms with E-state index in [4.69, 9.17) is 16.3 Å². The van der Waals surface area contributed by atoms with Crippen LogP contribution in [0.1, 0.15) is 5.56 Å². The first kappa shape index (κ1) is 19.9. The summed E-state index contributed by atoms with van der Waals surface area (Å²) in [6.07, 6.45) is 3.43. The Labute approximate surface area is 178 Å². The topological polar surface area (TPSA) is 73.1 Å². The van der Waals surface area contributed by atoms with Crippen molar-refractivity contribution in [1.29, 1.82) is 0 Å². The van der Waals surface area contributed by atoms with Crippen LogP contribution in [0.3, 0.4) is 0 Å². The van der Waals surface area contributed by atoms with Gasteiger partial charge in [0.15, 0.2) is 11.0 Å². The van der Waals surface area contributed by atoms with Crippen LogP contribution in [0, 0.1) is 6.92 Å². The monoisotopic (exact) mass is 429 g/mol. The summed E-state index contributed by atoms with van der Waals surface area (Å²) in [5.41, 5.74) is 2.69. The number of hydrogen-bond donors (Lipinski definition) is 0. The fraction of sp³-hybridized carbons (Fsp3) is 0.300. The van der Waals surface area contributed by atoms with Crippen molar-refractivity contribution in [1.82, 2.24) is 24.6 Å². The number of halogens is 1. The highest BCUT2D eigenvalue weighted by atomic mass is 35.5. The minimum atomic E-state index is 0.0705. The number of pyridine rings is 1. The standard InChI is InChI=1S/C20H20ClN5O2S/c1-14-16(21)3-2-4-17(14)26-19(15-5-7-22-8-6-15)23-24-20(26)29-13-18(27)25-9-11-28-12-10-25/h2-8H,9-13H2,1H3. The first-order chi connectivity index (χ1) is 14.1. The highest BCUT2D eigenvalue weighted by molar-refractivity contribution is 7.99. The number of benzene rings is 1. The van der Waals surface area contributed by atoms with Crippen LogP contribution in [0.2, 0.25) is 5.02 Å². The average molecular weight is 430 g/mol. The molecule has 1 aliphatic rings. The number of hydrogen-bond acceptors (Lipinski definition) is 6. The van der Waals surface area contributed by atoms with Gasteiger partial charge >= 0.3 is 0 Å². The molecule has 1 aliphatic heterocycles. The molecule has 0 unspecified atom stereocenters. The molecule has 3 aromatic rings. The van der Waals surface area contributed by atoms with Gasteiger partial charge in [-0.2, -0.15) is 0 Å². The van der Waals surface area contributed by atoms with Crippen LogP contribution in [0.5, 0.6) is 0 Å². The number of amides is 1. The van der Waals surface area contributed by atoms with Crippen molar-refractivity contribution in [2.75, 3.05) is 32.1 Å². The molecule has 2 aromatic heterocycles. The molecular weight excluding hydrogens is 410 g/mol. The lowest BCUT2D eigenvalue weighted by Gasteiger charge is -2.26. The maximum absolute atomic E-state index is 12.6. The molecule has 1 amide bonds. The Morgan fingerprint density at radius 3 is 2.69 bits per heavy atom. The van der Waals surface area contributed by atoms with Crippen LogP contribution in [0.25, 0.3) is 17.1 Å². The van der Waals surface area contributed by atoms with Gasteiger partial charge in [-0.05, 0) is 36.8 Å². The van der Waals surface area contributed by atoms with Gasteiger partial charge < -0.3 is 9.64 Å². The molecule has 0 aliphatic carbocycles. The fourth-order valence-corrected chi connectivity index (χ4v) is 4.15. The van der Waals surface area contributed by atoms with Crippen molar-refractivity contribution >= 4 is 29.3 Å². The third-order valence-corrected chi connectivity index (χ3v) is 6.06. The smallest absolute Gasteiger partial charge is 0.233 e. The number of carbonyl (C=O) groups is 1. The van der Waals surface area contributed by atoms with Crippen LogP contribution < -0.4 is 0 Å². The highest BCUT2D eigenvalue weighted by Crippen LogP contribution is 2.31. The normalized spacial score (nSPS) is 14.2. The maximum atomic E-state index is 12.6. The van der Waals surface area contributed by atoms with Crippen molar-refractivity contribution in [2.24, 2.45) is 0 Å². The van der Waals surface area contributed by atoms with E-state index in [1.807, 2.05) is 46.7 Å². The van der Waals surface area contributed by atoms with Crippen LogP contribution >= 0.6 is 23.4 Å². The molecule has 4 rings (SSSR count). The van der Waals surface area contributed by atoms with Gasteiger partial charge in [0.2, 0.25) is 5.91 Å². The molecule has 1 saturated heterocycles. The predicted octanol–water partition coefficient (Wildman–Crippen LogP) is 3.24. The second kappa shape index (κ2) is 8.94. The molecule has 1 fully saturated rings. The zero-order valence-corrected chi connectivity index (χ0v) is 17.5. The van der Waals surface area contributed by atoms with Crippen LogP contribution in [0.15, 0.2) is 47.9 Å². The van der Waals surface area contributed by atoms with Gasteiger partial charge in [-0.1, -0.05) is 29.4 Å². The molecule has 3 heterocycles. The summed E-state index contributed by atoms with van der Waals surface area (Å²) in [7, 11) is 0. The number of nitrogens with zero attached hydrogens (tertiary/aromatic N) is 5. The SMILES string of the molecule is Cc1c(Cl)cccc1-n1c(SCC(=O)N2CCOCC2)nnc1-c1ccncc1. The Bertz CT molecular complexity index is 1010. The first-order valence-electron chi connectivity index (χ1n) is 9.25. The second-order valence-electron chi connectivity index (χ2n) is 6.54. The summed E-state index contributed by atoms with van der Waals surface area (Å²) in [4.78, 5) is 18.5. The third kappa shape index (κ3) is 4.29. The Balaban J connectivity index is 1.68. The lowest BCUT2D eigenvalue weighted by atomic mass is 10.2. The summed E-state index contributed by atoms with van der Waals surface area (Å²) < 4.78 is 7.27. The summed E-state index contributed by atoms with van der Waals surface area (Å²) in [6.45, 7) is 4.38. The van der Waals surface area contributed by atoms with Crippen molar-refractivity contribution < 1.29 is 9.53 Å². The number of carbonyl (C=O) groups excluding carboxylic acids is 1. The predicted molar refractivity (Wildman–Crippen MR) is 112 cm³/mol. The molecular formula is C20H20ClN5O2S. The number of aromatic nitrogens is 4. The molecule has 9 heteroatoms. The molecule has 0 atom stereocenters. The number of rotatable bonds is 5. The zero-order chi connectivity index (χ0) is 20.2. The van der Waals surface area contributed by atoms with E-state index in [-0.39, 0.29) is 11.7 Å². The minimum Gasteiger partial charge on any atom is -0.378 e. The lowest BCUT2D eigenvalue weighted by molar-refractivity contribution is -0.132. The molecule has 0 N–H and O–H groups in total. The number of morpholine rings is 1. The van der Waals surface area contributed by atoms with Gasteiger partial charge in [0.05, 0.1) is 24.7 Å². The Hall–Kier alpha value is -2.42. The molecule has 0 spiro atoms. The molecule has 150 valence electrons. The molecule has 29 heavy (non-hydrogen) atoms. The van der Waals surface area contributed by atoms with Gasteiger partial charge in [0, 0.05) is 36.1 Å². The Morgan fingerprint density at radius 2 is 1.93 bits per heavy atom. The summed E-state index contributed by atoms with van der Waals surface area (Å²) in [5.74, 6) is 1.04.